The monoisotopic (exact) mass is 411 g/mol. The highest BCUT2D eigenvalue weighted by Gasteiger charge is 2.35. The number of benzene rings is 1. The van der Waals surface area contributed by atoms with Crippen LogP contribution in [0.15, 0.2) is 18.2 Å². The topological polar surface area (TPSA) is 51.7 Å². The quantitative estimate of drug-likeness (QED) is 0.841. The summed E-state index contributed by atoms with van der Waals surface area (Å²) in [6.07, 6.45) is 5.08. The number of piperazine rings is 1. The minimum absolute atomic E-state index is 0.00215. The Hall–Kier alpha value is -1.70. The van der Waals surface area contributed by atoms with Gasteiger partial charge in [0.1, 0.15) is 5.69 Å². The average molecular weight is 412 g/mol. The zero-order valence-electron chi connectivity index (χ0n) is 16.8. The van der Waals surface area contributed by atoms with Crippen molar-refractivity contribution in [1.29, 1.82) is 0 Å². The molecule has 1 amide bonds. The highest BCUT2D eigenvalue weighted by atomic mass is 32.1. The van der Waals surface area contributed by atoms with Crippen LogP contribution in [0.25, 0.3) is 10.1 Å². The molecule has 1 unspecified atom stereocenters. The SMILES string of the molecule is O=C(N[C@@H]1CN2CCC1CC2)c1nsc2cc(N3CCN4CCCC4C3)ccc12. The van der Waals surface area contributed by atoms with Gasteiger partial charge in [-0.25, -0.2) is 0 Å². The van der Waals surface area contributed by atoms with E-state index in [0.717, 1.165) is 29.7 Å². The van der Waals surface area contributed by atoms with Crippen molar-refractivity contribution >= 4 is 33.2 Å². The van der Waals surface area contributed by atoms with Gasteiger partial charge < -0.3 is 15.1 Å². The summed E-state index contributed by atoms with van der Waals surface area (Å²) in [5.41, 5.74) is 1.88. The van der Waals surface area contributed by atoms with E-state index < -0.39 is 0 Å². The smallest absolute Gasteiger partial charge is 0.271 e. The van der Waals surface area contributed by atoms with Gasteiger partial charge in [0.05, 0.1) is 4.70 Å². The van der Waals surface area contributed by atoms with Gasteiger partial charge in [0.25, 0.3) is 5.91 Å². The number of fused-ring (bicyclic) bond motifs is 5. The molecule has 5 saturated heterocycles. The third kappa shape index (κ3) is 3.23. The second-order valence-electron chi connectivity index (χ2n) is 9.21. The van der Waals surface area contributed by atoms with Gasteiger partial charge in [0.2, 0.25) is 0 Å². The maximum absolute atomic E-state index is 13.0. The molecular formula is C22H29N5OS. The van der Waals surface area contributed by atoms with Crippen LogP contribution in [0.3, 0.4) is 0 Å². The molecule has 7 heteroatoms. The second kappa shape index (κ2) is 7.22. The Balaban J connectivity index is 1.19. The van der Waals surface area contributed by atoms with Crippen LogP contribution >= 0.6 is 11.5 Å². The lowest BCUT2D eigenvalue weighted by Crippen LogP contribution is -2.57. The molecule has 2 aromatic rings. The van der Waals surface area contributed by atoms with E-state index in [1.165, 1.54) is 69.1 Å². The maximum Gasteiger partial charge on any atom is 0.271 e. The predicted molar refractivity (Wildman–Crippen MR) is 117 cm³/mol. The summed E-state index contributed by atoms with van der Waals surface area (Å²) in [6.45, 7) is 8.02. The Morgan fingerprint density at radius 3 is 2.79 bits per heavy atom. The number of nitrogens with one attached hydrogen (secondary N) is 1. The van der Waals surface area contributed by atoms with Crippen LogP contribution in [0, 0.1) is 5.92 Å². The lowest BCUT2D eigenvalue weighted by atomic mass is 9.84. The van der Waals surface area contributed by atoms with Gasteiger partial charge in [-0.2, -0.15) is 4.37 Å². The fourth-order valence-corrected chi connectivity index (χ4v) is 6.69. The number of piperidine rings is 3. The molecule has 0 spiro atoms. The van der Waals surface area contributed by atoms with Gasteiger partial charge in [0, 0.05) is 49.3 Å². The number of hydrogen-bond donors (Lipinski definition) is 1. The van der Waals surface area contributed by atoms with Crippen LogP contribution in [0.4, 0.5) is 5.69 Å². The standard InChI is InChI=1S/C22H29N5OS/c28-22(23-19-14-25-8-5-15(19)6-9-25)21-18-4-3-16(12-20(18)29-24-21)27-11-10-26-7-1-2-17(26)13-27/h3-4,12,15,17,19H,1-2,5-11,13-14H2,(H,23,28)/t17?,19-/m1/s1. The molecule has 6 nitrogen and oxygen atoms in total. The Kier molecular flexibility index (Phi) is 4.50. The number of carbonyl (C=O) groups is 1. The van der Waals surface area contributed by atoms with E-state index in [-0.39, 0.29) is 11.9 Å². The third-order valence-corrected chi connectivity index (χ3v) is 8.40. The molecule has 0 radical (unpaired) electrons. The number of nitrogens with zero attached hydrogens (tertiary/aromatic N) is 4. The normalized spacial score (nSPS) is 31.9. The van der Waals surface area contributed by atoms with Gasteiger partial charge in [-0.3, -0.25) is 9.69 Å². The van der Waals surface area contributed by atoms with Crippen LogP contribution in [0.5, 0.6) is 0 Å². The molecule has 1 aromatic carbocycles. The van der Waals surface area contributed by atoms with E-state index in [2.05, 4.69) is 42.6 Å². The zero-order valence-corrected chi connectivity index (χ0v) is 17.7. The number of anilines is 1. The molecule has 0 saturated carbocycles. The highest BCUT2D eigenvalue weighted by Crippen LogP contribution is 2.32. The van der Waals surface area contributed by atoms with E-state index in [9.17, 15) is 4.79 Å². The number of amides is 1. The molecule has 1 aromatic heterocycles. The molecule has 1 N–H and O–H groups in total. The van der Waals surface area contributed by atoms with E-state index in [1.54, 1.807) is 0 Å². The first-order valence-corrected chi connectivity index (χ1v) is 11.9. The Morgan fingerprint density at radius 2 is 1.97 bits per heavy atom. The summed E-state index contributed by atoms with van der Waals surface area (Å²) >= 11 is 1.46. The number of aromatic nitrogens is 1. The first-order valence-electron chi connectivity index (χ1n) is 11.2. The number of carbonyl (C=O) groups excluding carboxylic acids is 1. The van der Waals surface area contributed by atoms with E-state index in [1.807, 2.05) is 0 Å². The third-order valence-electron chi connectivity index (χ3n) is 7.60. The van der Waals surface area contributed by atoms with Gasteiger partial charge >= 0.3 is 0 Å². The average Bonchev–Trinajstić information content (AvgIpc) is 3.40. The van der Waals surface area contributed by atoms with Crippen molar-refractivity contribution < 1.29 is 4.79 Å². The van der Waals surface area contributed by atoms with Crippen molar-refractivity contribution in [2.75, 3.05) is 50.7 Å². The minimum Gasteiger partial charge on any atom is -0.369 e. The molecule has 7 rings (SSSR count). The molecule has 5 aliphatic heterocycles. The van der Waals surface area contributed by atoms with Crippen LogP contribution < -0.4 is 10.2 Å². The molecule has 2 bridgehead atoms. The largest absolute Gasteiger partial charge is 0.369 e. The Bertz CT molecular complexity index is 921. The van der Waals surface area contributed by atoms with E-state index in [0.29, 0.717) is 17.7 Å². The second-order valence-corrected chi connectivity index (χ2v) is 10.0. The molecule has 154 valence electrons. The van der Waals surface area contributed by atoms with Crippen LogP contribution in [0.2, 0.25) is 0 Å². The first kappa shape index (κ1) is 18.1. The van der Waals surface area contributed by atoms with Gasteiger partial charge in [0.15, 0.2) is 0 Å². The zero-order chi connectivity index (χ0) is 19.4. The Morgan fingerprint density at radius 1 is 1.07 bits per heavy atom. The summed E-state index contributed by atoms with van der Waals surface area (Å²) in [6, 6.07) is 7.53. The van der Waals surface area contributed by atoms with Crippen molar-refractivity contribution in [3.8, 4) is 0 Å². The van der Waals surface area contributed by atoms with Crippen molar-refractivity contribution in [3.05, 3.63) is 23.9 Å². The summed E-state index contributed by atoms with van der Waals surface area (Å²) in [5, 5.41) is 4.29. The molecule has 29 heavy (non-hydrogen) atoms. The van der Waals surface area contributed by atoms with Crippen LogP contribution in [0.1, 0.15) is 36.2 Å². The maximum atomic E-state index is 13.0. The first-order chi connectivity index (χ1) is 14.2. The Labute approximate surface area is 176 Å². The van der Waals surface area contributed by atoms with Gasteiger partial charge in [-0.1, -0.05) is 0 Å². The lowest BCUT2D eigenvalue weighted by Gasteiger charge is -2.44. The number of hydrogen-bond acceptors (Lipinski definition) is 6. The summed E-state index contributed by atoms with van der Waals surface area (Å²) in [4.78, 5) is 20.6. The lowest BCUT2D eigenvalue weighted by molar-refractivity contribution is 0.0619. The van der Waals surface area contributed by atoms with E-state index in [4.69, 9.17) is 0 Å². The minimum atomic E-state index is 0.00215. The summed E-state index contributed by atoms with van der Waals surface area (Å²) in [7, 11) is 0. The van der Waals surface area contributed by atoms with Crippen molar-refractivity contribution in [3.63, 3.8) is 0 Å². The van der Waals surface area contributed by atoms with Crippen molar-refractivity contribution in [1.82, 2.24) is 19.5 Å². The molecule has 5 fully saturated rings. The molecule has 2 atom stereocenters. The molecular weight excluding hydrogens is 382 g/mol. The fourth-order valence-electron chi connectivity index (χ4n) is 5.88. The summed E-state index contributed by atoms with van der Waals surface area (Å²) in [5.74, 6) is 0.636. The van der Waals surface area contributed by atoms with Crippen molar-refractivity contribution in [2.24, 2.45) is 5.92 Å². The summed E-state index contributed by atoms with van der Waals surface area (Å²) < 4.78 is 5.67. The van der Waals surface area contributed by atoms with Crippen LogP contribution in [-0.2, 0) is 0 Å². The van der Waals surface area contributed by atoms with Crippen LogP contribution in [-0.4, -0.2) is 78.0 Å². The predicted octanol–water partition coefficient (Wildman–Crippen LogP) is 2.40. The van der Waals surface area contributed by atoms with Gasteiger partial charge in [-0.05, 0) is 81.0 Å². The van der Waals surface area contributed by atoms with E-state index >= 15 is 0 Å². The molecule has 6 heterocycles. The highest BCUT2D eigenvalue weighted by molar-refractivity contribution is 7.13. The van der Waals surface area contributed by atoms with Gasteiger partial charge in [-0.15, -0.1) is 0 Å². The van der Waals surface area contributed by atoms with Crippen molar-refractivity contribution in [2.45, 2.75) is 37.8 Å². The molecule has 5 aliphatic rings. The number of rotatable bonds is 3. The molecule has 0 aliphatic carbocycles. The fraction of sp³-hybridized carbons (Fsp3) is 0.636.